The minimum absolute atomic E-state index is 0.0000189. The van der Waals surface area contributed by atoms with E-state index in [1.165, 1.54) is 22.8 Å². The highest BCUT2D eigenvalue weighted by Crippen LogP contribution is 2.23. The van der Waals surface area contributed by atoms with Gasteiger partial charge in [-0.25, -0.2) is 9.37 Å². The van der Waals surface area contributed by atoms with Crippen LogP contribution in [0.4, 0.5) is 10.1 Å². The molecule has 0 radical (unpaired) electrons. The lowest BCUT2D eigenvalue weighted by Crippen LogP contribution is -2.23. The van der Waals surface area contributed by atoms with Gasteiger partial charge in [0.25, 0.3) is 5.56 Å². The highest BCUT2D eigenvalue weighted by atomic mass is 35.5. The number of thioether (sulfide) groups is 1. The Kier molecular flexibility index (Phi) is 5.83. The lowest BCUT2D eigenvalue weighted by Gasteiger charge is -2.13. The molecule has 0 unspecified atom stereocenters. The van der Waals surface area contributed by atoms with Crippen molar-refractivity contribution in [3.63, 3.8) is 0 Å². The summed E-state index contributed by atoms with van der Waals surface area (Å²) in [4.78, 5) is 30.1. The van der Waals surface area contributed by atoms with E-state index in [0.29, 0.717) is 26.8 Å². The van der Waals surface area contributed by atoms with Crippen molar-refractivity contribution in [3.05, 3.63) is 94.0 Å². The summed E-state index contributed by atoms with van der Waals surface area (Å²) in [6.07, 6.45) is 0. The number of rotatable bonds is 5. The highest BCUT2D eigenvalue weighted by Gasteiger charge is 2.15. The zero-order valence-corrected chi connectivity index (χ0v) is 17.1. The molecule has 0 bridgehead atoms. The number of halogens is 2. The minimum Gasteiger partial charge on any atom is -0.323 e. The predicted molar refractivity (Wildman–Crippen MR) is 118 cm³/mol. The molecule has 0 saturated carbocycles. The second-order valence-electron chi connectivity index (χ2n) is 6.35. The smallest absolute Gasteiger partial charge is 0.266 e. The van der Waals surface area contributed by atoms with Gasteiger partial charge in [0.05, 0.1) is 28.0 Å². The van der Waals surface area contributed by atoms with Gasteiger partial charge >= 0.3 is 0 Å². The molecule has 4 rings (SSSR count). The number of carbonyl (C=O) groups is 1. The van der Waals surface area contributed by atoms with Crippen LogP contribution in [-0.4, -0.2) is 21.2 Å². The van der Waals surface area contributed by atoms with E-state index in [0.717, 1.165) is 11.8 Å². The van der Waals surface area contributed by atoms with Crippen LogP contribution in [0.5, 0.6) is 0 Å². The first-order valence-electron chi connectivity index (χ1n) is 8.98. The van der Waals surface area contributed by atoms with Crippen LogP contribution in [0.2, 0.25) is 5.02 Å². The number of hydrogen-bond acceptors (Lipinski definition) is 4. The summed E-state index contributed by atoms with van der Waals surface area (Å²) in [5, 5.41) is 3.66. The van der Waals surface area contributed by atoms with Gasteiger partial charge in [-0.3, -0.25) is 14.2 Å². The summed E-state index contributed by atoms with van der Waals surface area (Å²) >= 11 is 6.96. The Balaban J connectivity index is 1.66. The van der Waals surface area contributed by atoms with Gasteiger partial charge in [-0.05, 0) is 42.5 Å². The van der Waals surface area contributed by atoms with Crippen molar-refractivity contribution in [1.82, 2.24) is 9.55 Å². The molecule has 150 valence electrons. The first-order valence-corrected chi connectivity index (χ1v) is 10.3. The van der Waals surface area contributed by atoms with Crippen molar-refractivity contribution in [2.24, 2.45) is 0 Å². The van der Waals surface area contributed by atoms with Crippen molar-refractivity contribution in [2.45, 2.75) is 5.16 Å². The predicted octanol–water partition coefficient (Wildman–Crippen LogP) is 4.91. The quantitative estimate of drug-likeness (QED) is 0.354. The van der Waals surface area contributed by atoms with Crippen molar-refractivity contribution >= 4 is 45.9 Å². The number of amides is 1. The van der Waals surface area contributed by atoms with Crippen LogP contribution in [0.3, 0.4) is 0 Å². The van der Waals surface area contributed by atoms with Crippen LogP contribution in [0, 0.1) is 5.82 Å². The molecule has 1 aromatic heterocycles. The van der Waals surface area contributed by atoms with Crippen LogP contribution in [0.25, 0.3) is 16.6 Å². The van der Waals surface area contributed by atoms with E-state index in [2.05, 4.69) is 10.3 Å². The van der Waals surface area contributed by atoms with E-state index in [-0.39, 0.29) is 17.0 Å². The molecule has 0 saturated heterocycles. The zero-order chi connectivity index (χ0) is 21.1. The number of aromatic nitrogens is 2. The summed E-state index contributed by atoms with van der Waals surface area (Å²) in [6.45, 7) is 0. The summed E-state index contributed by atoms with van der Waals surface area (Å²) in [5.41, 5.74) is 0.957. The fourth-order valence-corrected chi connectivity index (χ4v) is 3.91. The van der Waals surface area contributed by atoms with Gasteiger partial charge in [0.15, 0.2) is 5.16 Å². The second kappa shape index (κ2) is 8.69. The molecule has 0 aliphatic carbocycles. The molecule has 30 heavy (non-hydrogen) atoms. The first-order chi connectivity index (χ1) is 14.5. The number of benzene rings is 3. The monoisotopic (exact) mass is 439 g/mol. The molecule has 4 aromatic rings. The van der Waals surface area contributed by atoms with Gasteiger partial charge in [0.1, 0.15) is 5.82 Å². The molecule has 1 N–H and O–H groups in total. The van der Waals surface area contributed by atoms with Crippen molar-refractivity contribution < 1.29 is 9.18 Å². The molecule has 5 nitrogen and oxygen atoms in total. The maximum absolute atomic E-state index is 13.9. The second-order valence-corrected chi connectivity index (χ2v) is 7.73. The van der Waals surface area contributed by atoms with Gasteiger partial charge in [-0.15, -0.1) is 0 Å². The number of carbonyl (C=O) groups excluding carboxylic acids is 1. The third-order valence-electron chi connectivity index (χ3n) is 4.29. The SMILES string of the molecule is O=C(CSc1nc2ccccc2c(=O)n1-c1ccccc1)Nc1cc(Cl)ccc1F. The van der Waals surface area contributed by atoms with E-state index in [4.69, 9.17) is 11.6 Å². The van der Waals surface area contributed by atoms with Crippen molar-refractivity contribution in [3.8, 4) is 5.69 Å². The van der Waals surface area contributed by atoms with Crippen LogP contribution >= 0.6 is 23.4 Å². The number of fused-ring (bicyclic) bond motifs is 1. The van der Waals surface area contributed by atoms with E-state index in [1.807, 2.05) is 18.2 Å². The maximum Gasteiger partial charge on any atom is 0.266 e. The summed E-state index contributed by atoms with van der Waals surface area (Å²) < 4.78 is 15.3. The molecule has 1 amide bonds. The standard InChI is InChI=1S/C22H15ClFN3O2S/c23-14-10-11-17(24)19(12-14)25-20(28)13-30-22-26-18-9-5-4-8-16(18)21(29)27(22)15-6-2-1-3-7-15/h1-12H,13H2,(H,25,28). The van der Waals surface area contributed by atoms with Crippen molar-refractivity contribution in [1.29, 1.82) is 0 Å². The summed E-state index contributed by atoms with van der Waals surface area (Å²) in [6, 6.07) is 20.0. The highest BCUT2D eigenvalue weighted by molar-refractivity contribution is 7.99. The van der Waals surface area contributed by atoms with Crippen LogP contribution < -0.4 is 10.9 Å². The van der Waals surface area contributed by atoms with Crippen LogP contribution in [0.1, 0.15) is 0 Å². The number of anilines is 1. The molecule has 0 spiro atoms. The van der Waals surface area contributed by atoms with Crippen LogP contribution in [0.15, 0.2) is 82.7 Å². The molecular weight excluding hydrogens is 425 g/mol. The average molecular weight is 440 g/mol. The molecule has 0 fully saturated rings. The molecule has 3 aromatic carbocycles. The van der Waals surface area contributed by atoms with E-state index in [1.54, 1.807) is 36.4 Å². The Morgan fingerprint density at radius 1 is 1.07 bits per heavy atom. The third kappa shape index (κ3) is 4.22. The minimum atomic E-state index is -0.581. The number of nitrogens with one attached hydrogen (secondary N) is 1. The van der Waals surface area contributed by atoms with Crippen molar-refractivity contribution in [2.75, 3.05) is 11.1 Å². The normalized spacial score (nSPS) is 10.9. The van der Waals surface area contributed by atoms with Gasteiger partial charge < -0.3 is 5.32 Å². The van der Waals surface area contributed by atoms with Crippen LogP contribution in [-0.2, 0) is 4.79 Å². The Morgan fingerprint density at radius 3 is 2.60 bits per heavy atom. The van der Waals surface area contributed by atoms with Gasteiger partial charge in [0.2, 0.25) is 5.91 Å². The topological polar surface area (TPSA) is 64.0 Å². The molecule has 0 aliphatic heterocycles. The Labute approximate surface area is 180 Å². The number of nitrogens with zero attached hydrogens (tertiary/aromatic N) is 2. The Morgan fingerprint density at radius 2 is 1.80 bits per heavy atom. The summed E-state index contributed by atoms with van der Waals surface area (Å²) in [5.74, 6) is -1.09. The molecule has 1 heterocycles. The largest absolute Gasteiger partial charge is 0.323 e. The van der Waals surface area contributed by atoms with E-state index < -0.39 is 11.7 Å². The van der Waals surface area contributed by atoms with Gasteiger partial charge in [-0.1, -0.05) is 53.7 Å². The third-order valence-corrected chi connectivity index (χ3v) is 5.47. The lowest BCUT2D eigenvalue weighted by atomic mass is 10.2. The molecule has 8 heteroatoms. The van der Waals surface area contributed by atoms with E-state index in [9.17, 15) is 14.0 Å². The van der Waals surface area contributed by atoms with Gasteiger partial charge in [0, 0.05) is 5.02 Å². The zero-order valence-electron chi connectivity index (χ0n) is 15.5. The molecular formula is C22H15ClFN3O2S. The molecule has 0 aliphatic rings. The fraction of sp³-hybridized carbons (Fsp3) is 0.0455. The number of hydrogen-bond donors (Lipinski definition) is 1. The average Bonchev–Trinajstić information content (AvgIpc) is 2.75. The molecule has 0 atom stereocenters. The maximum atomic E-state index is 13.9. The van der Waals surface area contributed by atoms with E-state index >= 15 is 0 Å². The Hall–Kier alpha value is -3.16. The first kappa shape index (κ1) is 20.1. The van der Waals surface area contributed by atoms with Gasteiger partial charge in [-0.2, -0.15) is 0 Å². The lowest BCUT2D eigenvalue weighted by molar-refractivity contribution is -0.113. The Bertz CT molecular complexity index is 1290. The summed E-state index contributed by atoms with van der Waals surface area (Å²) in [7, 11) is 0. The fourth-order valence-electron chi connectivity index (χ4n) is 2.92. The number of para-hydroxylation sites is 2.